The molecule has 3 rings (SSSR count). The summed E-state index contributed by atoms with van der Waals surface area (Å²) in [5, 5.41) is 0. The summed E-state index contributed by atoms with van der Waals surface area (Å²) in [6, 6.07) is 2.02. The van der Waals surface area contributed by atoms with Gasteiger partial charge in [-0.15, -0.1) is 0 Å². The van der Waals surface area contributed by atoms with E-state index in [1.54, 1.807) is 0 Å². The van der Waals surface area contributed by atoms with Crippen LogP contribution in [0.25, 0.3) is 11.2 Å². The average Bonchev–Trinajstić information content (AvgIpc) is 3.03. The van der Waals surface area contributed by atoms with Crippen molar-refractivity contribution < 1.29 is 0 Å². The van der Waals surface area contributed by atoms with Gasteiger partial charge in [-0.25, -0.2) is 4.98 Å². The van der Waals surface area contributed by atoms with E-state index in [2.05, 4.69) is 35.3 Å². The summed E-state index contributed by atoms with van der Waals surface area (Å²) >= 11 is 5.48. The Morgan fingerprint density at radius 3 is 2.82 bits per heavy atom. The maximum atomic E-state index is 5.48. The number of aryl methyl sites for hydroxylation is 1. The van der Waals surface area contributed by atoms with Crippen LogP contribution in [-0.4, -0.2) is 14.5 Å². The lowest BCUT2D eigenvalue weighted by atomic mass is 9.98. The molecule has 1 N–H and O–H groups in total. The van der Waals surface area contributed by atoms with E-state index in [-0.39, 0.29) is 5.54 Å². The van der Waals surface area contributed by atoms with Gasteiger partial charge in [0, 0.05) is 11.7 Å². The maximum Gasteiger partial charge on any atom is 0.179 e. The monoisotopic (exact) mass is 247 g/mol. The van der Waals surface area contributed by atoms with Crippen molar-refractivity contribution in [1.82, 2.24) is 14.5 Å². The fourth-order valence-electron chi connectivity index (χ4n) is 2.63. The lowest BCUT2D eigenvalue weighted by Gasteiger charge is -2.26. The van der Waals surface area contributed by atoms with Crippen LogP contribution in [0.5, 0.6) is 0 Å². The van der Waals surface area contributed by atoms with Gasteiger partial charge in [0.05, 0.1) is 5.52 Å². The molecule has 4 heteroatoms. The third-order valence-electron chi connectivity index (χ3n) is 3.94. The summed E-state index contributed by atoms with van der Waals surface area (Å²) in [4.78, 5) is 7.80. The molecule has 90 valence electrons. The summed E-state index contributed by atoms with van der Waals surface area (Å²) in [7, 11) is 0. The van der Waals surface area contributed by atoms with Crippen LogP contribution in [0.1, 0.15) is 32.3 Å². The van der Waals surface area contributed by atoms with Crippen LogP contribution >= 0.6 is 12.2 Å². The Morgan fingerprint density at radius 2 is 2.18 bits per heavy atom. The number of hydrogen-bond acceptors (Lipinski definition) is 2. The molecule has 0 spiro atoms. The number of nitrogens with one attached hydrogen (secondary N) is 1. The molecule has 2 aromatic rings. The molecule has 0 saturated heterocycles. The molecule has 0 aromatic carbocycles. The molecule has 0 atom stereocenters. The number of imidazole rings is 1. The van der Waals surface area contributed by atoms with Crippen molar-refractivity contribution in [2.45, 2.75) is 39.2 Å². The van der Waals surface area contributed by atoms with E-state index in [0.717, 1.165) is 21.9 Å². The summed E-state index contributed by atoms with van der Waals surface area (Å²) in [5.74, 6) is 0.732. The van der Waals surface area contributed by atoms with Gasteiger partial charge in [0.15, 0.2) is 10.4 Å². The van der Waals surface area contributed by atoms with Crippen LogP contribution in [0.4, 0.5) is 0 Å². The predicted molar refractivity (Wildman–Crippen MR) is 71.7 cm³/mol. The Balaban J connectivity index is 2.32. The molecule has 0 aliphatic heterocycles. The summed E-state index contributed by atoms with van der Waals surface area (Å²) < 4.78 is 2.99. The van der Waals surface area contributed by atoms with Gasteiger partial charge in [-0.1, -0.05) is 0 Å². The molecule has 1 saturated carbocycles. The molecule has 1 fully saturated rings. The number of H-pyrrole nitrogens is 1. The van der Waals surface area contributed by atoms with Crippen LogP contribution in [0.15, 0.2) is 12.3 Å². The molecule has 0 radical (unpaired) electrons. The van der Waals surface area contributed by atoms with Gasteiger partial charge in [-0.2, -0.15) is 0 Å². The van der Waals surface area contributed by atoms with Gasteiger partial charge in [0.25, 0.3) is 0 Å². The lowest BCUT2D eigenvalue weighted by molar-refractivity contribution is 0.308. The quantitative estimate of drug-likeness (QED) is 0.823. The number of nitrogens with zero attached hydrogens (tertiary/aromatic N) is 2. The second-order valence-corrected chi connectivity index (χ2v) is 5.91. The van der Waals surface area contributed by atoms with Crippen molar-refractivity contribution >= 4 is 23.4 Å². The number of aromatic nitrogens is 3. The first-order valence-electron chi connectivity index (χ1n) is 6.08. The average molecular weight is 247 g/mol. The zero-order valence-corrected chi connectivity index (χ0v) is 11.3. The maximum absolute atomic E-state index is 5.48. The van der Waals surface area contributed by atoms with Crippen molar-refractivity contribution in [3.05, 3.63) is 22.6 Å². The molecule has 3 nitrogen and oxygen atoms in total. The highest BCUT2D eigenvalue weighted by atomic mass is 32.1. The van der Waals surface area contributed by atoms with Crippen LogP contribution in [0.2, 0.25) is 0 Å². The van der Waals surface area contributed by atoms with E-state index < -0.39 is 0 Å². The Kier molecular flexibility index (Phi) is 2.20. The number of rotatable bonds is 2. The highest BCUT2D eigenvalue weighted by molar-refractivity contribution is 7.71. The predicted octanol–water partition coefficient (Wildman–Crippen LogP) is 3.55. The molecular formula is C13H17N3S. The van der Waals surface area contributed by atoms with Crippen molar-refractivity contribution in [2.24, 2.45) is 5.92 Å². The minimum atomic E-state index is 0.0656. The first kappa shape index (κ1) is 11.0. The summed E-state index contributed by atoms with van der Waals surface area (Å²) in [5.41, 5.74) is 3.33. The number of hydrogen-bond donors (Lipinski definition) is 1. The topological polar surface area (TPSA) is 33.6 Å². The Morgan fingerprint density at radius 1 is 1.47 bits per heavy atom. The third-order valence-corrected chi connectivity index (χ3v) is 4.22. The van der Waals surface area contributed by atoms with E-state index in [1.807, 2.05) is 12.3 Å². The Bertz CT molecular complexity index is 632. The largest absolute Gasteiger partial charge is 0.329 e. The molecule has 0 bridgehead atoms. The van der Waals surface area contributed by atoms with Crippen LogP contribution < -0.4 is 0 Å². The summed E-state index contributed by atoms with van der Waals surface area (Å²) in [6.45, 7) is 6.61. The summed E-state index contributed by atoms with van der Waals surface area (Å²) in [6.07, 6.45) is 4.46. The van der Waals surface area contributed by atoms with E-state index in [1.165, 1.54) is 18.4 Å². The minimum absolute atomic E-state index is 0.0656. The molecule has 0 unspecified atom stereocenters. The van der Waals surface area contributed by atoms with Gasteiger partial charge in [0.2, 0.25) is 0 Å². The molecule has 2 heterocycles. The van der Waals surface area contributed by atoms with E-state index in [9.17, 15) is 0 Å². The Labute approximate surface area is 106 Å². The van der Waals surface area contributed by atoms with Crippen LogP contribution in [-0.2, 0) is 5.54 Å². The Hall–Kier alpha value is -1.16. The number of aromatic amines is 1. The van der Waals surface area contributed by atoms with Gasteiger partial charge >= 0.3 is 0 Å². The molecule has 0 amide bonds. The lowest BCUT2D eigenvalue weighted by Crippen LogP contribution is -2.29. The zero-order valence-electron chi connectivity index (χ0n) is 10.4. The second kappa shape index (κ2) is 3.42. The molecule has 1 aliphatic rings. The van der Waals surface area contributed by atoms with Gasteiger partial charge in [-0.05, 0) is 63.4 Å². The van der Waals surface area contributed by atoms with Crippen molar-refractivity contribution in [3.8, 4) is 0 Å². The number of fused-ring (bicyclic) bond motifs is 1. The highest BCUT2D eigenvalue weighted by Gasteiger charge is 2.40. The molecule has 1 aliphatic carbocycles. The molecule has 17 heavy (non-hydrogen) atoms. The number of pyridine rings is 1. The molecule has 2 aromatic heterocycles. The fraction of sp³-hybridized carbons (Fsp3) is 0.538. The van der Waals surface area contributed by atoms with Crippen molar-refractivity contribution in [2.75, 3.05) is 0 Å². The molecular weight excluding hydrogens is 230 g/mol. The van der Waals surface area contributed by atoms with E-state index in [4.69, 9.17) is 12.2 Å². The van der Waals surface area contributed by atoms with Gasteiger partial charge in [0.1, 0.15) is 0 Å². The third kappa shape index (κ3) is 1.54. The van der Waals surface area contributed by atoms with Gasteiger partial charge in [-0.3, -0.25) is 4.57 Å². The van der Waals surface area contributed by atoms with E-state index >= 15 is 0 Å². The zero-order chi connectivity index (χ0) is 12.2. The SMILES string of the molecule is Cc1ccnc2c1[nH]c(=S)n2C(C)(C)C1CC1. The standard InChI is InChI=1S/C13H17N3S/c1-8-6-7-14-11-10(8)15-12(17)16(11)13(2,3)9-4-5-9/h6-7,9H,4-5H2,1-3H3,(H,15,17). The van der Waals surface area contributed by atoms with Crippen molar-refractivity contribution in [1.29, 1.82) is 0 Å². The second-order valence-electron chi connectivity index (χ2n) is 5.52. The first-order valence-corrected chi connectivity index (χ1v) is 6.49. The normalized spacial score (nSPS) is 16.6. The smallest absolute Gasteiger partial charge is 0.179 e. The van der Waals surface area contributed by atoms with E-state index in [0.29, 0.717) is 0 Å². The minimum Gasteiger partial charge on any atom is -0.329 e. The van der Waals surface area contributed by atoms with Crippen LogP contribution in [0.3, 0.4) is 0 Å². The first-order chi connectivity index (χ1) is 8.01. The van der Waals surface area contributed by atoms with Crippen molar-refractivity contribution in [3.63, 3.8) is 0 Å². The highest BCUT2D eigenvalue weighted by Crippen LogP contribution is 2.45. The van der Waals surface area contributed by atoms with Crippen LogP contribution in [0, 0.1) is 17.6 Å². The fourth-order valence-corrected chi connectivity index (χ4v) is 3.06. The van der Waals surface area contributed by atoms with Gasteiger partial charge < -0.3 is 4.98 Å².